The van der Waals surface area contributed by atoms with Gasteiger partial charge in [0.2, 0.25) is 0 Å². The first-order valence-electron chi connectivity index (χ1n) is 6.93. The van der Waals surface area contributed by atoms with Crippen molar-refractivity contribution in [2.75, 3.05) is 13.1 Å². The van der Waals surface area contributed by atoms with Gasteiger partial charge in [-0.3, -0.25) is 4.79 Å². The van der Waals surface area contributed by atoms with Crippen LogP contribution in [0.2, 0.25) is 0 Å². The molecular formula is C15H17NO3S. The summed E-state index contributed by atoms with van der Waals surface area (Å²) in [5.41, 5.74) is 0. The molecule has 1 aliphatic carbocycles. The monoisotopic (exact) mass is 291 g/mol. The minimum atomic E-state index is -0.973. The molecule has 1 aromatic rings. The lowest BCUT2D eigenvalue weighted by Gasteiger charge is -2.16. The van der Waals surface area contributed by atoms with Crippen molar-refractivity contribution in [1.82, 2.24) is 4.90 Å². The highest BCUT2D eigenvalue weighted by Crippen LogP contribution is 2.38. The second kappa shape index (κ2) is 5.40. The van der Waals surface area contributed by atoms with Crippen molar-refractivity contribution in [3.05, 3.63) is 28.0 Å². The number of carboxylic acid groups (broad SMARTS) is 1. The van der Waals surface area contributed by atoms with Gasteiger partial charge in [-0.05, 0) is 42.9 Å². The van der Waals surface area contributed by atoms with Crippen molar-refractivity contribution in [2.24, 2.45) is 11.8 Å². The van der Waals surface area contributed by atoms with Crippen LogP contribution in [0.25, 0.3) is 6.08 Å². The largest absolute Gasteiger partial charge is 0.478 e. The van der Waals surface area contributed by atoms with Gasteiger partial charge in [0.15, 0.2) is 0 Å². The minimum absolute atomic E-state index is 0.0966. The van der Waals surface area contributed by atoms with Crippen LogP contribution in [-0.4, -0.2) is 35.0 Å². The highest BCUT2D eigenvalue weighted by Gasteiger charge is 2.38. The zero-order valence-corrected chi connectivity index (χ0v) is 11.9. The van der Waals surface area contributed by atoms with Crippen LogP contribution < -0.4 is 0 Å². The van der Waals surface area contributed by atoms with E-state index in [0.29, 0.717) is 16.7 Å². The SMILES string of the molecule is O=C(O)/C=C/c1ccc(C(=O)N2CC3CCCC3C2)s1. The molecule has 1 aliphatic heterocycles. The third-order valence-electron chi connectivity index (χ3n) is 4.24. The number of carbonyl (C=O) groups excluding carboxylic acids is 1. The first-order valence-corrected chi connectivity index (χ1v) is 7.75. The summed E-state index contributed by atoms with van der Waals surface area (Å²) in [4.78, 5) is 26.4. The zero-order valence-electron chi connectivity index (χ0n) is 11.1. The maximum atomic E-state index is 12.4. The molecule has 2 aliphatic rings. The molecule has 20 heavy (non-hydrogen) atoms. The summed E-state index contributed by atoms with van der Waals surface area (Å²) in [7, 11) is 0. The lowest BCUT2D eigenvalue weighted by Crippen LogP contribution is -2.28. The molecule has 5 heteroatoms. The topological polar surface area (TPSA) is 57.6 Å². The Labute approximate surface area is 121 Å². The Bertz CT molecular complexity index is 551. The van der Waals surface area contributed by atoms with Crippen molar-refractivity contribution in [1.29, 1.82) is 0 Å². The Hall–Kier alpha value is -1.62. The molecule has 2 fully saturated rings. The predicted molar refractivity (Wildman–Crippen MR) is 77.7 cm³/mol. The van der Waals surface area contributed by atoms with Crippen molar-refractivity contribution in [3.63, 3.8) is 0 Å². The molecule has 2 heterocycles. The fourth-order valence-electron chi connectivity index (χ4n) is 3.27. The Morgan fingerprint density at radius 2 is 1.95 bits per heavy atom. The zero-order chi connectivity index (χ0) is 14.1. The second-order valence-electron chi connectivity index (χ2n) is 5.53. The molecule has 0 radical (unpaired) electrons. The number of hydrogen-bond donors (Lipinski definition) is 1. The van der Waals surface area contributed by atoms with Crippen LogP contribution in [0.1, 0.15) is 33.8 Å². The molecule has 0 bridgehead atoms. The van der Waals surface area contributed by atoms with Gasteiger partial charge in [-0.25, -0.2) is 4.79 Å². The molecule has 2 atom stereocenters. The van der Waals surface area contributed by atoms with Gasteiger partial charge in [-0.15, -0.1) is 11.3 Å². The molecule has 106 valence electrons. The number of amides is 1. The van der Waals surface area contributed by atoms with E-state index in [9.17, 15) is 9.59 Å². The normalized spacial score (nSPS) is 25.3. The van der Waals surface area contributed by atoms with Crippen LogP contribution in [0, 0.1) is 11.8 Å². The predicted octanol–water partition coefficient (Wildman–Crippen LogP) is 2.72. The smallest absolute Gasteiger partial charge is 0.328 e. The number of aliphatic carboxylic acids is 1. The van der Waals surface area contributed by atoms with Crippen molar-refractivity contribution in [2.45, 2.75) is 19.3 Å². The first kappa shape index (κ1) is 13.4. The van der Waals surface area contributed by atoms with Gasteiger partial charge in [0, 0.05) is 24.0 Å². The van der Waals surface area contributed by atoms with Crippen LogP contribution in [0.3, 0.4) is 0 Å². The second-order valence-corrected chi connectivity index (χ2v) is 6.65. The van der Waals surface area contributed by atoms with Gasteiger partial charge in [0.25, 0.3) is 5.91 Å². The number of carbonyl (C=O) groups is 2. The van der Waals surface area contributed by atoms with E-state index in [4.69, 9.17) is 5.11 Å². The van der Waals surface area contributed by atoms with Gasteiger partial charge in [-0.1, -0.05) is 6.42 Å². The maximum absolute atomic E-state index is 12.4. The average molecular weight is 291 g/mol. The standard InChI is InChI=1S/C15H17NO3S/c17-14(18)7-5-12-4-6-13(20-12)15(19)16-8-10-2-1-3-11(10)9-16/h4-7,10-11H,1-3,8-9H2,(H,17,18)/b7-5+. The molecule has 0 aromatic carbocycles. The van der Waals surface area contributed by atoms with Crippen LogP contribution in [0.4, 0.5) is 0 Å². The van der Waals surface area contributed by atoms with Gasteiger partial charge in [-0.2, -0.15) is 0 Å². The summed E-state index contributed by atoms with van der Waals surface area (Å²) in [5, 5.41) is 8.60. The van der Waals surface area contributed by atoms with Crippen LogP contribution in [0.5, 0.6) is 0 Å². The molecule has 1 amide bonds. The van der Waals surface area contributed by atoms with Crippen LogP contribution in [0.15, 0.2) is 18.2 Å². The number of thiophene rings is 1. The molecule has 1 saturated carbocycles. The van der Waals surface area contributed by atoms with E-state index in [-0.39, 0.29) is 5.91 Å². The third kappa shape index (κ3) is 2.63. The van der Waals surface area contributed by atoms with Gasteiger partial charge >= 0.3 is 5.97 Å². The van der Waals surface area contributed by atoms with E-state index in [1.807, 2.05) is 4.90 Å². The summed E-state index contributed by atoms with van der Waals surface area (Å²) in [5.74, 6) is 0.522. The molecule has 1 N–H and O–H groups in total. The summed E-state index contributed by atoms with van der Waals surface area (Å²) >= 11 is 1.36. The van der Waals surface area contributed by atoms with E-state index in [0.717, 1.165) is 24.0 Å². The lowest BCUT2D eigenvalue weighted by atomic mass is 10.0. The van der Waals surface area contributed by atoms with E-state index in [1.165, 1.54) is 36.7 Å². The van der Waals surface area contributed by atoms with Gasteiger partial charge in [0.1, 0.15) is 0 Å². The van der Waals surface area contributed by atoms with Gasteiger partial charge < -0.3 is 10.0 Å². The molecular weight excluding hydrogens is 274 g/mol. The molecule has 1 saturated heterocycles. The number of hydrogen-bond acceptors (Lipinski definition) is 3. The van der Waals surface area contributed by atoms with Crippen molar-refractivity contribution >= 4 is 29.3 Å². The lowest BCUT2D eigenvalue weighted by molar-refractivity contribution is -0.131. The highest BCUT2D eigenvalue weighted by molar-refractivity contribution is 7.14. The number of nitrogens with zero attached hydrogens (tertiary/aromatic N) is 1. The number of carboxylic acids is 1. The summed E-state index contributed by atoms with van der Waals surface area (Å²) in [6, 6.07) is 3.59. The Kier molecular flexibility index (Phi) is 3.61. The summed E-state index contributed by atoms with van der Waals surface area (Å²) in [6.07, 6.45) is 6.44. The number of rotatable bonds is 3. The van der Waals surface area contributed by atoms with E-state index >= 15 is 0 Å². The van der Waals surface area contributed by atoms with Crippen molar-refractivity contribution < 1.29 is 14.7 Å². The van der Waals surface area contributed by atoms with E-state index < -0.39 is 5.97 Å². The highest BCUT2D eigenvalue weighted by atomic mass is 32.1. The Morgan fingerprint density at radius 1 is 1.25 bits per heavy atom. The van der Waals surface area contributed by atoms with Crippen molar-refractivity contribution in [3.8, 4) is 0 Å². The fraction of sp³-hybridized carbons (Fsp3) is 0.467. The molecule has 3 rings (SSSR count). The minimum Gasteiger partial charge on any atom is -0.478 e. The summed E-state index contributed by atoms with van der Waals surface area (Å²) < 4.78 is 0. The number of likely N-dealkylation sites (tertiary alicyclic amines) is 1. The Morgan fingerprint density at radius 3 is 2.60 bits per heavy atom. The van der Waals surface area contributed by atoms with Crippen LogP contribution in [-0.2, 0) is 4.79 Å². The molecule has 4 nitrogen and oxygen atoms in total. The molecule has 2 unspecified atom stereocenters. The van der Waals surface area contributed by atoms with Gasteiger partial charge in [0.05, 0.1) is 4.88 Å². The quantitative estimate of drug-likeness (QED) is 0.871. The maximum Gasteiger partial charge on any atom is 0.328 e. The average Bonchev–Trinajstić information content (AvgIpc) is 3.10. The van der Waals surface area contributed by atoms with Crippen LogP contribution >= 0.6 is 11.3 Å². The summed E-state index contributed by atoms with van der Waals surface area (Å²) in [6.45, 7) is 1.78. The molecule has 1 aromatic heterocycles. The van der Waals surface area contributed by atoms with E-state index in [1.54, 1.807) is 12.1 Å². The fourth-order valence-corrected chi connectivity index (χ4v) is 4.15. The van der Waals surface area contributed by atoms with E-state index in [2.05, 4.69) is 0 Å². The first-order chi connectivity index (χ1) is 9.63. The molecule has 0 spiro atoms. The number of fused-ring (bicyclic) bond motifs is 1. The third-order valence-corrected chi connectivity index (χ3v) is 5.28. The Balaban J connectivity index is 1.67.